The molecule has 0 unspecified atom stereocenters. The number of ether oxygens (including phenoxy) is 2. The molecule has 6 nitrogen and oxygen atoms in total. The number of methoxy groups -OCH3 is 2. The third kappa shape index (κ3) is 4.32. The molecule has 1 heterocycles. The Balaban J connectivity index is 2.09. The molecule has 0 spiro atoms. The van der Waals surface area contributed by atoms with Crippen LogP contribution in [0.1, 0.15) is 21.8 Å². The summed E-state index contributed by atoms with van der Waals surface area (Å²) in [4.78, 5) is 12.3. The van der Waals surface area contributed by atoms with E-state index in [1.54, 1.807) is 18.2 Å². The normalized spacial score (nSPS) is 10.3. The van der Waals surface area contributed by atoms with Crippen LogP contribution in [0.4, 0.5) is 5.13 Å². The standard InChI is InChI=1S/C14H16ClN3O3S/c1-20-10-6-9(7-11(8-10)21-2)13(19)16-14-18-17-12(22-14)4-3-5-15/h6-8H,3-5H2,1-2H3,(H,16,18,19). The largest absolute Gasteiger partial charge is 0.497 e. The second-order valence-electron chi connectivity index (χ2n) is 4.35. The Labute approximate surface area is 137 Å². The zero-order valence-corrected chi connectivity index (χ0v) is 13.8. The molecule has 0 aliphatic heterocycles. The lowest BCUT2D eigenvalue weighted by Gasteiger charge is -2.07. The van der Waals surface area contributed by atoms with Crippen LogP contribution in [0.2, 0.25) is 0 Å². The maximum Gasteiger partial charge on any atom is 0.257 e. The Morgan fingerprint density at radius 3 is 2.50 bits per heavy atom. The highest BCUT2D eigenvalue weighted by atomic mass is 35.5. The first-order valence-corrected chi connectivity index (χ1v) is 7.94. The number of aromatic nitrogens is 2. The summed E-state index contributed by atoms with van der Waals surface area (Å²) in [6.07, 6.45) is 1.58. The third-order valence-electron chi connectivity index (χ3n) is 2.83. The van der Waals surface area contributed by atoms with Crippen molar-refractivity contribution in [2.24, 2.45) is 0 Å². The molecular formula is C14H16ClN3O3S. The fourth-order valence-corrected chi connectivity index (χ4v) is 2.64. The van der Waals surface area contributed by atoms with Gasteiger partial charge in [-0.05, 0) is 18.6 Å². The van der Waals surface area contributed by atoms with E-state index in [9.17, 15) is 4.79 Å². The van der Waals surface area contributed by atoms with Crippen LogP contribution in [-0.2, 0) is 6.42 Å². The molecule has 1 aromatic heterocycles. The number of nitrogens with zero attached hydrogens (tertiary/aromatic N) is 2. The average molecular weight is 342 g/mol. The Bertz CT molecular complexity index is 626. The number of rotatable bonds is 7. The van der Waals surface area contributed by atoms with Gasteiger partial charge in [-0.1, -0.05) is 11.3 Å². The topological polar surface area (TPSA) is 73.3 Å². The van der Waals surface area contributed by atoms with Crippen molar-refractivity contribution in [1.82, 2.24) is 10.2 Å². The van der Waals surface area contributed by atoms with Crippen molar-refractivity contribution in [3.05, 3.63) is 28.8 Å². The SMILES string of the molecule is COc1cc(OC)cc(C(=O)Nc2nnc(CCCCl)s2)c1. The van der Waals surface area contributed by atoms with Gasteiger partial charge in [0.25, 0.3) is 5.91 Å². The van der Waals surface area contributed by atoms with Crippen molar-refractivity contribution < 1.29 is 14.3 Å². The molecule has 0 saturated carbocycles. The Morgan fingerprint density at radius 2 is 1.91 bits per heavy atom. The summed E-state index contributed by atoms with van der Waals surface area (Å²) in [6, 6.07) is 4.96. The van der Waals surface area contributed by atoms with Gasteiger partial charge in [-0.3, -0.25) is 10.1 Å². The molecule has 0 fully saturated rings. The number of anilines is 1. The van der Waals surface area contributed by atoms with Gasteiger partial charge >= 0.3 is 0 Å². The van der Waals surface area contributed by atoms with Gasteiger partial charge < -0.3 is 9.47 Å². The van der Waals surface area contributed by atoms with Gasteiger partial charge in [0, 0.05) is 23.9 Å². The third-order valence-corrected chi connectivity index (χ3v) is 3.99. The molecule has 0 radical (unpaired) electrons. The Hall–Kier alpha value is -1.86. The minimum absolute atomic E-state index is 0.294. The first-order chi connectivity index (χ1) is 10.7. The molecule has 1 aromatic carbocycles. The highest BCUT2D eigenvalue weighted by molar-refractivity contribution is 7.15. The average Bonchev–Trinajstić information content (AvgIpc) is 2.99. The minimum Gasteiger partial charge on any atom is -0.497 e. The zero-order chi connectivity index (χ0) is 15.9. The van der Waals surface area contributed by atoms with Crippen LogP contribution < -0.4 is 14.8 Å². The number of alkyl halides is 1. The second kappa shape index (κ2) is 7.95. The minimum atomic E-state index is -0.294. The summed E-state index contributed by atoms with van der Waals surface area (Å²) in [7, 11) is 3.06. The lowest BCUT2D eigenvalue weighted by molar-refractivity contribution is 0.102. The quantitative estimate of drug-likeness (QED) is 0.784. The van der Waals surface area contributed by atoms with Gasteiger partial charge in [0.05, 0.1) is 14.2 Å². The van der Waals surface area contributed by atoms with E-state index in [0.717, 1.165) is 17.8 Å². The van der Waals surface area contributed by atoms with E-state index in [4.69, 9.17) is 21.1 Å². The van der Waals surface area contributed by atoms with Gasteiger partial charge in [-0.25, -0.2) is 0 Å². The summed E-state index contributed by atoms with van der Waals surface area (Å²) in [5.41, 5.74) is 0.425. The molecule has 2 rings (SSSR count). The molecule has 0 atom stereocenters. The number of amides is 1. The van der Waals surface area contributed by atoms with E-state index < -0.39 is 0 Å². The molecule has 8 heteroatoms. The van der Waals surface area contributed by atoms with Gasteiger partial charge in [-0.2, -0.15) is 0 Å². The van der Waals surface area contributed by atoms with Crippen molar-refractivity contribution in [1.29, 1.82) is 0 Å². The first-order valence-electron chi connectivity index (χ1n) is 6.59. The molecule has 118 valence electrons. The van der Waals surface area contributed by atoms with Crippen molar-refractivity contribution in [3.63, 3.8) is 0 Å². The van der Waals surface area contributed by atoms with Crippen LogP contribution in [0.15, 0.2) is 18.2 Å². The summed E-state index contributed by atoms with van der Waals surface area (Å²) >= 11 is 6.98. The molecule has 2 aromatic rings. The van der Waals surface area contributed by atoms with Crippen LogP contribution in [0.25, 0.3) is 0 Å². The molecule has 0 aliphatic carbocycles. The fourth-order valence-electron chi connectivity index (χ4n) is 1.73. The van der Waals surface area contributed by atoms with E-state index in [2.05, 4.69) is 15.5 Å². The molecule has 1 amide bonds. The van der Waals surface area contributed by atoms with Gasteiger partial charge in [0.2, 0.25) is 5.13 Å². The van der Waals surface area contributed by atoms with Crippen molar-refractivity contribution >= 4 is 34.0 Å². The number of hydrogen-bond acceptors (Lipinski definition) is 6. The predicted molar refractivity (Wildman–Crippen MR) is 86.4 cm³/mol. The van der Waals surface area contributed by atoms with E-state index >= 15 is 0 Å². The van der Waals surface area contributed by atoms with E-state index in [0.29, 0.717) is 28.1 Å². The van der Waals surface area contributed by atoms with Crippen molar-refractivity contribution in [3.8, 4) is 11.5 Å². The number of carbonyl (C=O) groups is 1. The lowest BCUT2D eigenvalue weighted by atomic mass is 10.2. The smallest absolute Gasteiger partial charge is 0.257 e. The summed E-state index contributed by atoms with van der Waals surface area (Å²) in [5, 5.41) is 12.0. The summed E-state index contributed by atoms with van der Waals surface area (Å²) in [5.74, 6) is 1.37. The van der Waals surface area contributed by atoms with Crippen LogP contribution in [0.3, 0.4) is 0 Å². The number of nitrogens with one attached hydrogen (secondary N) is 1. The van der Waals surface area contributed by atoms with E-state index in [1.807, 2.05) is 0 Å². The number of halogens is 1. The van der Waals surface area contributed by atoms with Crippen molar-refractivity contribution in [2.75, 3.05) is 25.4 Å². The molecule has 1 N–H and O–H groups in total. The lowest BCUT2D eigenvalue weighted by Crippen LogP contribution is -2.12. The first kappa shape index (κ1) is 16.5. The highest BCUT2D eigenvalue weighted by Gasteiger charge is 2.13. The van der Waals surface area contributed by atoms with Crippen molar-refractivity contribution in [2.45, 2.75) is 12.8 Å². The monoisotopic (exact) mass is 341 g/mol. The molecule has 22 heavy (non-hydrogen) atoms. The fraction of sp³-hybridized carbons (Fsp3) is 0.357. The van der Waals surface area contributed by atoms with E-state index in [1.165, 1.54) is 25.6 Å². The van der Waals surface area contributed by atoms with Crippen LogP contribution in [-0.4, -0.2) is 36.2 Å². The highest BCUT2D eigenvalue weighted by Crippen LogP contribution is 2.24. The summed E-state index contributed by atoms with van der Waals surface area (Å²) in [6.45, 7) is 0. The Morgan fingerprint density at radius 1 is 1.23 bits per heavy atom. The molecule has 0 bridgehead atoms. The molecule has 0 saturated heterocycles. The van der Waals surface area contributed by atoms with Gasteiger partial charge in [0.15, 0.2) is 0 Å². The molecule has 0 aliphatic rings. The summed E-state index contributed by atoms with van der Waals surface area (Å²) < 4.78 is 10.3. The van der Waals surface area contributed by atoms with Gasteiger partial charge in [0.1, 0.15) is 16.5 Å². The number of hydrogen-bond donors (Lipinski definition) is 1. The van der Waals surface area contributed by atoms with Crippen LogP contribution in [0.5, 0.6) is 11.5 Å². The zero-order valence-electron chi connectivity index (χ0n) is 12.3. The number of carbonyl (C=O) groups excluding carboxylic acids is 1. The van der Waals surface area contributed by atoms with E-state index in [-0.39, 0.29) is 5.91 Å². The second-order valence-corrected chi connectivity index (χ2v) is 5.79. The number of benzene rings is 1. The maximum atomic E-state index is 12.3. The van der Waals surface area contributed by atoms with Crippen LogP contribution in [0, 0.1) is 0 Å². The van der Waals surface area contributed by atoms with Crippen LogP contribution >= 0.6 is 22.9 Å². The number of aryl methyl sites for hydroxylation is 1. The maximum absolute atomic E-state index is 12.3. The molecular weight excluding hydrogens is 326 g/mol. The van der Waals surface area contributed by atoms with Gasteiger partial charge in [-0.15, -0.1) is 21.8 Å². The Kier molecular flexibility index (Phi) is 5.97. The predicted octanol–water partition coefficient (Wildman–Crippen LogP) is 2.98.